The van der Waals surface area contributed by atoms with Crippen molar-refractivity contribution in [2.24, 2.45) is 0 Å². The number of nitrogens with zero attached hydrogens (tertiary/aromatic N) is 2. The maximum atomic E-state index is 11.1. The number of carbonyl (C=O) groups excluding carboxylic acids is 1. The van der Waals surface area contributed by atoms with Crippen LogP contribution in [0.4, 0.5) is 11.4 Å². The Hall–Kier alpha value is -2.28. The number of amides is 1. The van der Waals surface area contributed by atoms with E-state index >= 15 is 0 Å². The van der Waals surface area contributed by atoms with Gasteiger partial charge in [0.25, 0.3) is 0 Å². The number of ether oxygens (including phenoxy) is 1. The van der Waals surface area contributed by atoms with Crippen LogP contribution in [0, 0.1) is 0 Å². The molecule has 0 aliphatic carbocycles. The van der Waals surface area contributed by atoms with Crippen LogP contribution in [-0.2, 0) is 4.79 Å². The molecule has 1 fully saturated rings. The van der Waals surface area contributed by atoms with Crippen LogP contribution in [0.1, 0.15) is 20.8 Å². The molecule has 0 saturated carbocycles. The van der Waals surface area contributed by atoms with E-state index in [4.69, 9.17) is 16.3 Å². The number of piperazine rings is 1. The summed E-state index contributed by atoms with van der Waals surface area (Å²) in [5, 5.41) is 14.0. The number of hydrogen-bond acceptors (Lipinski definition) is 5. The molecular weight excluding hydrogens is 402 g/mol. The van der Waals surface area contributed by atoms with Crippen LogP contribution in [0.5, 0.6) is 5.75 Å². The molecule has 2 unspecified atom stereocenters. The van der Waals surface area contributed by atoms with Gasteiger partial charge in [0.05, 0.1) is 0 Å². The normalized spacial score (nSPS) is 20.6. The van der Waals surface area contributed by atoms with Crippen LogP contribution in [0.15, 0.2) is 48.5 Å². The van der Waals surface area contributed by atoms with Crippen molar-refractivity contribution in [1.29, 1.82) is 0 Å². The molecule has 7 heteroatoms. The van der Waals surface area contributed by atoms with Gasteiger partial charge in [0.2, 0.25) is 5.91 Å². The SMILES string of the molecule is CC(=O)Nc1ccc(OC[C@@H](O)CN2C(C)CN(c3ccc(Cl)cc3)CC2C)cc1. The molecule has 3 rings (SSSR count). The predicted molar refractivity (Wildman–Crippen MR) is 122 cm³/mol. The number of rotatable bonds is 7. The Bertz CT molecular complexity index is 817. The summed E-state index contributed by atoms with van der Waals surface area (Å²) in [5.41, 5.74) is 1.89. The Morgan fingerprint density at radius 2 is 1.73 bits per heavy atom. The van der Waals surface area contributed by atoms with E-state index in [1.807, 2.05) is 12.1 Å². The van der Waals surface area contributed by atoms with E-state index in [0.717, 1.165) is 23.8 Å². The minimum atomic E-state index is -0.591. The second-order valence-electron chi connectivity index (χ2n) is 7.95. The van der Waals surface area contributed by atoms with Gasteiger partial charge in [-0.1, -0.05) is 11.6 Å². The molecule has 0 spiro atoms. The fourth-order valence-corrected chi connectivity index (χ4v) is 4.03. The Balaban J connectivity index is 1.49. The van der Waals surface area contributed by atoms with Gasteiger partial charge < -0.3 is 20.1 Å². The highest BCUT2D eigenvalue weighted by Gasteiger charge is 2.30. The third kappa shape index (κ3) is 6.11. The number of β-amino-alcohol motifs (C(OH)–C–C–N with tert-alkyl or cyclic N) is 1. The zero-order chi connectivity index (χ0) is 21.7. The smallest absolute Gasteiger partial charge is 0.221 e. The highest BCUT2D eigenvalue weighted by molar-refractivity contribution is 6.30. The van der Waals surface area contributed by atoms with E-state index in [2.05, 4.69) is 41.1 Å². The van der Waals surface area contributed by atoms with Gasteiger partial charge in [-0.25, -0.2) is 0 Å². The number of aliphatic hydroxyl groups is 1. The third-order valence-electron chi connectivity index (χ3n) is 5.33. The fourth-order valence-electron chi connectivity index (χ4n) is 3.91. The van der Waals surface area contributed by atoms with Crippen molar-refractivity contribution in [3.05, 3.63) is 53.6 Å². The Morgan fingerprint density at radius 3 is 2.30 bits per heavy atom. The topological polar surface area (TPSA) is 65.0 Å². The standard InChI is InChI=1S/C23H30ClN3O3/c1-16-12-26(21-8-4-19(24)5-9-21)13-17(2)27(16)14-22(29)15-30-23-10-6-20(7-11-23)25-18(3)28/h4-11,16-17,22,29H,12-15H2,1-3H3,(H,25,28)/t16?,17?,22-/m0/s1. The number of benzene rings is 2. The number of anilines is 2. The number of aliphatic hydroxyl groups excluding tert-OH is 1. The van der Waals surface area contributed by atoms with Crippen LogP contribution >= 0.6 is 11.6 Å². The lowest BCUT2D eigenvalue weighted by atomic mass is 10.1. The van der Waals surface area contributed by atoms with Gasteiger partial charge in [-0.15, -0.1) is 0 Å². The molecule has 1 heterocycles. The molecule has 2 N–H and O–H groups in total. The van der Waals surface area contributed by atoms with Crippen LogP contribution in [0.2, 0.25) is 5.02 Å². The first-order valence-electron chi connectivity index (χ1n) is 10.3. The molecule has 30 heavy (non-hydrogen) atoms. The lowest BCUT2D eigenvalue weighted by Gasteiger charge is -2.46. The molecule has 1 aliphatic rings. The minimum Gasteiger partial charge on any atom is -0.491 e. The van der Waals surface area contributed by atoms with Gasteiger partial charge in [0, 0.05) is 55.0 Å². The summed E-state index contributed by atoms with van der Waals surface area (Å²) >= 11 is 6.01. The maximum absolute atomic E-state index is 11.1. The minimum absolute atomic E-state index is 0.113. The number of carbonyl (C=O) groups is 1. The number of nitrogens with one attached hydrogen (secondary N) is 1. The lowest BCUT2D eigenvalue weighted by molar-refractivity contribution is -0.114. The molecule has 2 aromatic carbocycles. The van der Waals surface area contributed by atoms with Crippen molar-refractivity contribution in [2.75, 3.05) is 36.5 Å². The van der Waals surface area contributed by atoms with E-state index < -0.39 is 6.10 Å². The van der Waals surface area contributed by atoms with Gasteiger partial charge in [-0.05, 0) is 62.4 Å². The Labute approximate surface area is 183 Å². The molecule has 3 atom stereocenters. The molecular formula is C23H30ClN3O3. The molecule has 1 saturated heterocycles. The van der Waals surface area contributed by atoms with Gasteiger partial charge in [-0.2, -0.15) is 0 Å². The van der Waals surface area contributed by atoms with Crippen molar-refractivity contribution in [3.8, 4) is 5.75 Å². The van der Waals surface area contributed by atoms with E-state index in [1.165, 1.54) is 12.6 Å². The zero-order valence-electron chi connectivity index (χ0n) is 17.7. The number of hydrogen-bond donors (Lipinski definition) is 2. The van der Waals surface area contributed by atoms with Crippen molar-refractivity contribution < 1.29 is 14.6 Å². The lowest BCUT2D eigenvalue weighted by Crippen LogP contribution is -2.58. The molecule has 1 aliphatic heterocycles. The molecule has 6 nitrogen and oxygen atoms in total. The van der Waals surface area contributed by atoms with Crippen LogP contribution < -0.4 is 15.0 Å². The van der Waals surface area contributed by atoms with Crippen LogP contribution in [0.25, 0.3) is 0 Å². The molecule has 0 aromatic heterocycles. The predicted octanol–water partition coefficient (Wildman–Crippen LogP) is 3.64. The van der Waals surface area contributed by atoms with Gasteiger partial charge >= 0.3 is 0 Å². The Kier molecular flexibility index (Phi) is 7.58. The first-order chi connectivity index (χ1) is 14.3. The summed E-state index contributed by atoms with van der Waals surface area (Å²) in [5.74, 6) is 0.551. The van der Waals surface area contributed by atoms with Gasteiger partial charge in [0.15, 0.2) is 0 Å². The second kappa shape index (κ2) is 10.2. The molecule has 0 radical (unpaired) electrons. The van der Waals surface area contributed by atoms with Gasteiger partial charge in [0.1, 0.15) is 18.5 Å². The molecule has 1 amide bonds. The quantitative estimate of drug-likeness (QED) is 0.700. The summed E-state index contributed by atoms with van der Waals surface area (Å²) in [6.07, 6.45) is -0.591. The first kappa shape index (κ1) is 22.4. The van der Waals surface area contributed by atoms with Crippen molar-refractivity contribution in [1.82, 2.24) is 4.90 Å². The van der Waals surface area contributed by atoms with Crippen LogP contribution in [-0.4, -0.2) is 60.3 Å². The van der Waals surface area contributed by atoms with E-state index in [9.17, 15) is 9.90 Å². The maximum Gasteiger partial charge on any atom is 0.221 e. The number of halogens is 1. The summed E-state index contributed by atoms with van der Waals surface area (Å²) in [4.78, 5) is 15.8. The highest BCUT2D eigenvalue weighted by Crippen LogP contribution is 2.24. The molecule has 162 valence electrons. The van der Waals surface area contributed by atoms with Crippen molar-refractivity contribution in [3.63, 3.8) is 0 Å². The summed E-state index contributed by atoms with van der Waals surface area (Å²) in [6.45, 7) is 8.41. The second-order valence-corrected chi connectivity index (χ2v) is 8.38. The van der Waals surface area contributed by atoms with E-state index in [1.54, 1.807) is 24.3 Å². The van der Waals surface area contributed by atoms with Crippen LogP contribution in [0.3, 0.4) is 0 Å². The average molecular weight is 432 g/mol. The first-order valence-corrected chi connectivity index (χ1v) is 10.6. The summed E-state index contributed by atoms with van der Waals surface area (Å²) in [7, 11) is 0. The Morgan fingerprint density at radius 1 is 1.13 bits per heavy atom. The highest BCUT2D eigenvalue weighted by atomic mass is 35.5. The van der Waals surface area contributed by atoms with Crippen molar-refractivity contribution >= 4 is 28.9 Å². The summed E-state index contributed by atoms with van der Waals surface area (Å²) in [6, 6.07) is 15.7. The molecule has 2 aromatic rings. The summed E-state index contributed by atoms with van der Waals surface area (Å²) < 4.78 is 5.73. The van der Waals surface area contributed by atoms with E-state index in [-0.39, 0.29) is 12.5 Å². The average Bonchev–Trinajstić information content (AvgIpc) is 2.70. The largest absolute Gasteiger partial charge is 0.491 e. The van der Waals surface area contributed by atoms with Gasteiger partial charge in [-0.3, -0.25) is 9.69 Å². The fraction of sp³-hybridized carbons (Fsp3) is 0.435. The van der Waals surface area contributed by atoms with E-state index in [0.29, 0.717) is 24.4 Å². The zero-order valence-corrected chi connectivity index (χ0v) is 18.5. The monoisotopic (exact) mass is 431 g/mol. The van der Waals surface area contributed by atoms with Crippen molar-refractivity contribution in [2.45, 2.75) is 39.0 Å². The third-order valence-corrected chi connectivity index (χ3v) is 5.58. The molecule has 0 bridgehead atoms.